The van der Waals surface area contributed by atoms with Crippen LogP contribution in [0.5, 0.6) is 0 Å². The predicted molar refractivity (Wildman–Crippen MR) is 104 cm³/mol. The predicted octanol–water partition coefficient (Wildman–Crippen LogP) is 7.52. The molecule has 0 fully saturated rings. The van der Waals surface area contributed by atoms with Crippen LogP contribution in [0.15, 0.2) is 12.2 Å². The van der Waals surface area contributed by atoms with Gasteiger partial charge in [0.25, 0.3) is 0 Å². The van der Waals surface area contributed by atoms with Gasteiger partial charge in [0.05, 0.1) is 0 Å². The number of halogens is 2. The number of allylic oxidation sites excluding steroid dienone is 2. The lowest BCUT2D eigenvalue weighted by atomic mass is 10.1. The smallest absolute Gasteiger partial charge is 0.197 e. The minimum atomic E-state index is 0. The molecule has 0 amide bonds. The van der Waals surface area contributed by atoms with Crippen molar-refractivity contribution in [1.82, 2.24) is 0 Å². The van der Waals surface area contributed by atoms with E-state index in [4.69, 9.17) is 0 Å². The van der Waals surface area contributed by atoms with Crippen molar-refractivity contribution in [2.45, 2.75) is 96.8 Å². The zero-order valence-corrected chi connectivity index (χ0v) is 17.0. The van der Waals surface area contributed by atoms with Gasteiger partial charge in [-0.3, -0.25) is 4.79 Å². The molecule has 0 aromatic carbocycles. The van der Waals surface area contributed by atoms with Gasteiger partial charge in [0.1, 0.15) is 0 Å². The van der Waals surface area contributed by atoms with E-state index < -0.39 is 0 Å². The zero-order chi connectivity index (χ0) is 14.9. The summed E-state index contributed by atoms with van der Waals surface area (Å²) in [4.78, 5) is 10.7. The largest absolute Gasteiger partial charge is 0.287 e. The van der Waals surface area contributed by atoms with E-state index in [-0.39, 0.29) is 21.7 Å². The normalized spacial score (nSPS) is 10.8. The average molecular weight is 426 g/mol. The highest BCUT2D eigenvalue weighted by molar-refractivity contribution is 9.18. The molecule has 0 rings (SSSR count). The van der Waals surface area contributed by atoms with Crippen molar-refractivity contribution in [3.8, 4) is 0 Å². The van der Waals surface area contributed by atoms with Crippen molar-refractivity contribution in [1.29, 1.82) is 0 Å². The highest BCUT2D eigenvalue weighted by atomic mass is 79.9. The van der Waals surface area contributed by atoms with Gasteiger partial charge in [-0.15, -0.1) is 17.0 Å². The summed E-state index contributed by atoms with van der Waals surface area (Å²) in [5.41, 5.74) is 0. The number of carbonyl (C=O) groups is 1. The van der Waals surface area contributed by atoms with Crippen LogP contribution in [-0.2, 0) is 4.79 Å². The molecule has 1 nitrogen and oxygen atoms in total. The van der Waals surface area contributed by atoms with Gasteiger partial charge in [0.15, 0.2) is 4.69 Å². The number of unbranched alkanes of at least 4 members (excludes halogenated alkanes) is 11. The Morgan fingerprint density at radius 1 is 0.762 bits per heavy atom. The van der Waals surface area contributed by atoms with E-state index in [1.807, 2.05) is 0 Å². The SMILES string of the molecule is Br.CCCCCCCC/C=C\CCCCCCCC(=O)Br. The highest BCUT2D eigenvalue weighted by Gasteiger charge is 1.95. The van der Waals surface area contributed by atoms with E-state index in [0.717, 1.165) is 6.42 Å². The molecule has 0 radical (unpaired) electrons. The van der Waals surface area contributed by atoms with Gasteiger partial charge in [0, 0.05) is 6.42 Å². The molecule has 0 aliphatic rings. The first-order chi connectivity index (χ1) is 9.77. The first kappa shape index (κ1) is 23.6. The van der Waals surface area contributed by atoms with E-state index in [0.29, 0.717) is 6.42 Å². The molecule has 0 saturated carbocycles. The molecule has 0 aromatic heterocycles. The van der Waals surface area contributed by atoms with Crippen LogP contribution in [0.25, 0.3) is 0 Å². The molecule has 0 heterocycles. The summed E-state index contributed by atoms with van der Waals surface area (Å²) in [6.07, 6.45) is 22.3. The fourth-order valence-corrected chi connectivity index (χ4v) is 2.62. The molecule has 0 aromatic rings. The molecule has 0 aliphatic heterocycles. The summed E-state index contributed by atoms with van der Waals surface area (Å²) < 4.78 is 0.148. The molecule has 0 bridgehead atoms. The maximum Gasteiger partial charge on any atom is 0.197 e. The number of rotatable bonds is 15. The molecular formula is C18H34Br2O. The number of carbonyl (C=O) groups excluding carboxylic acids is 1. The van der Waals surface area contributed by atoms with Gasteiger partial charge in [-0.2, -0.15) is 0 Å². The van der Waals surface area contributed by atoms with E-state index in [1.54, 1.807) is 0 Å². The van der Waals surface area contributed by atoms with Crippen molar-refractivity contribution in [2.75, 3.05) is 0 Å². The summed E-state index contributed by atoms with van der Waals surface area (Å²) >= 11 is 2.97. The lowest BCUT2D eigenvalue weighted by Gasteiger charge is -1.99. The Balaban J connectivity index is 0. The zero-order valence-electron chi connectivity index (χ0n) is 13.7. The average Bonchev–Trinajstić information content (AvgIpc) is 2.43. The molecule has 0 atom stereocenters. The standard InChI is InChI=1S/C18H33BrO.BrH/c1-2-3-4-5-6-7-8-9-10-11-12-13-14-15-16-17-18(19)20;/h9-10H,2-8,11-17H2,1H3;1H/b10-9-;. The Morgan fingerprint density at radius 3 is 1.67 bits per heavy atom. The lowest BCUT2D eigenvalue weighted by Crippen LogP contribution is -1.85. The highest BCUT2D eigenvalue weighted by Crippen LogP contribution is 2.10. The summed E-state index contributed by atoms with van der Waals surface area (Å²) in [6, 6.07) is 0. The van der Waals surface area contributed by atoms with Crippen molar-refractivity contribution < 1.29 is 4.79 Å². The van der Waals surface area contributed by atoms with Crippen molar-refractivity contribution >= 4 is 37.6 Å². The van der Waals surface area contributed by atoms with Crippen molar-refractivity contribution in [3.63, 3.8) is 0 Å². The minimum absolute atomic E-state index is 0. The first-order valence-corrected chi connectivity index (χ1v) is 9.40. The molecule has 21 heavy (non-hydrogen) atoms. The quantitative estimate of drug-likeness (QED) is 0.150. The monoisotopic (exact) mass is 424 g/mol. The van der Waals surface area contributed by atoms with Crippen LogP contribution >= 0.6 is 32.9 Å². The Bertz CT molecular complexity index is 239. The second-order valence-electron chi connectivity index (χ2n) is 5.69. The Labute approximate surface area is 151 Å². The maximum absolute atomic E-state index is 10.7. The van der Waals surface area contributed by atoms with Gasteiger partial charge in [0.2, 0.25) is 0 Å². The lowest BCUT2D eigenvalue weighted by molar-refractivity contribution is -0.110. The van der Waals surface area contributed by atoms with Gasteiger partial charge in [-0.25, -0.2) is 0 Å². The van der Waals surface area contributed by atoms with Gasteiger partial charge >= 0.3 is 0 Å². The van der Waals surface area contributed by atoms with Crippen LogP contribution < -0.4 is 0 Å². The summed E-state index contributed by atoms with van der Waals surface area (Å²) in [5, 5.41) is 0. The van der Waals surface area contributed by atoms with E-state index >= 15 is 0 Å². The third-order valence-electron chi connectivity index (χ3n) is 3.64. The molecule has 3 heteroatoms. The fourth-order valence-electron chi connectivity index (χ4n) is 2.33. The molecule has 126 valence electrons. The van der Waals surface area contributed by atoms with E-state index in [2.05, 4.69) is 35.0 Å². The molecule has 0 unspecified atom stereocenters. The number of hydrogen-bond acceptors (Lipinski definition) is 1. The second kappa shape index (κ2) is 20.4. The van der Waals surface area contributed by atoms with Crippen LogP contribution in [0.1, 0.15) is 96.8 Å². The van der Waals surface area contributed by atoms with Crippen LogP contribution in [-0.4, -0.2) is 4.69 Å². The molecule has 0 spiro atoms. The third kappa shape index (κ3) is 22.8. The van der Waals surface area contributed by atoms with E-state index in [1.165, 1.54) is 77.0 Å². The minimum Gasteiger partial charge on any atom is -0.287 e. The molecule has 0 aliphatic carbocycles. The first-order valence-electron chi connectivity index (χ1n) is 8.60. The third-order valence-corrected chi connectivity index (χ3v) is 4.03. The summed E-state index contributed by atoms with van der Waals surface area (Å²) in [5.74, 6) is 0. The second-order valence-corrected chi connectivity index (χ2v) is 6.57. The van der Waals surface area contributed by atoms with Crippen LogP contribution in [0.2, 0.25) is 0 Å². The fraction of sp³-hybridized carbons (Fsp3) is 0.833. The van der Waals surface area contributed by atoms with Gasteiger partial charge in [-0.1, -0.05) is 70.4 Å². The Hall–Kier alpha value is 0.370. The Morgan fingerprint density at radius 2 is 1.19 bits per heavy atom. The summed E-state index contributed by atoms with van der Waals surface area (Å²) in [6.45, 7) is 2.27. The van der Waals surface area contributed by atoms with Crippen LogP contribution in [0, 0.1) is 0 Å². The molecule has 0 saturated heterocycles. The van der Waals surface area contributed by atoms with Crippen molar-refractivity contribution in [3.05, 3.63) is 12.2 Å². The van der Waals surface area contributed by atoms with Gasteiger partial charge < -0.3 is 0 Å². The molecular weight excluding hydrogens is 392 g/mol. The summed E-state index contributed by atoms with van der Waals surface area (Å²) in [7, 11) is 0. The van der Waals surface area contributed by atoms with Crippen molar-refractivity contribution in [2.24, 2.45) is 0 Å². The van der Waals surface area contributed by atoms with E-state index in [9.17, 15) is 4.79 Å². The molecule has 0 N–H and O–H groups in total. The van der Waals surface area contributed by atoms with Gasteiger partial charge in [-0.05, 0) is 48.0 Å². The van der Waals surface area contributed by atoms with Crippen LogP contribution in [0.3, 0.4) is 0 Å². The topological polar surface area (TPSA) is 17.1 Å². The Kier molecular flexibility index (Phi) is 22.9. The van der Waals surface area contributed by atoms with Crippen LogP contribution in [0.4, 0.5) is 0 Å². The number of hydrogen-bond donors (Lipinski definition) is 0. The maximum atomic E-state index is 10.7.